The Kier molecular flexibility index (Phi) is 18.0. The van der Waals surface area contributed by atoms with Crippen LogP contribution in [0.1, 0.15) is 107 Å². The molecule has 0 bridgehead atoms. The Morgan fingerprint density at radius 3 is 0.978 bits per heavy atom. The maximum atomic E-state index is 6.84. The number of rotatable bonds is 10. The quantitative estimate of drug-likeness (QED) is 0.125. The number of para-hydroxylation sites is 5. The lowest BCUT2D eigenvalue weighted by atomic mass is 9.81. The van der Waals surface area contributed by atoms with E-state index in [1.54, 1.807) is 18.6 Å². The van der Waals surface area contributed by atoms with Gasteiger partial charge in [-0.3, -0.25) is 15.0 Å². The summed E-state index contributed by atoms with van der Waals surface area (Å²) in [6.45, 7) is 24.7. The third-order valence-electron chi connectivity index (χ3n) is 28.4. The monoisotopic (exact) mass is 1740 g/mol. The Morgan fingerprint density at radius 1 is 0.237 bits per heavy atom. The van der Waals surface area contributed by atoms with Crippen molar-refractivity contribution in [2.24, 2.45) is 0 Å². The van der Waals surface area contributed by atoms with Gasteiger partial charge in [0.1, 0.15) is 61.7 Å². The van der Waals surface area contributed by atoms with Gasteiger partial charge in [-0.25, -0.2) is 44.9 Å². The molecule has 0 atom stereocenters. The highest BCUT2D eigenvalue weighted by atomic mass is 16.3. The molecule has 10 aromatic heterocycles. The molecule has 27 rings (SSSR count). The molecule has 0 unspecified atom stereocenters. The minimum Gasteiger partial charge on any atom is -0.455 e. The van der Waals surface area contributed by atoms with E-state index in [-0.39, 0.29) is 21.7 Å². The number of aromatic nitrogens is 12. The van der Waals surface area contributed by atoms with Gasteiger partial charge in [0.15, 0.2) is 52.4 Å². The van der Waals surface area contributed by atoms with Gasteiger partial charge in [-0.15, -0.1) is 0 Å². The summed E-state index contributed by atoms with van der Waals surface area (Å²) in [5.74, 6) is 4.80. The van der Waals surface area contributed by atoms with Crippen molar-refractivity contribution in [1.82, 2.24) is 59.8 Å². The second-order valence-corrected chi connectivity index (χ2v) is 37.3. The van der Waals surface area contributed by atoms with Crippen LogP contribution in [0, 0.1) is 0 Å². The van der Waals surface area contributed by atoms with Gasteiger partial charge in [0, 0.05) is 94.5 Å². The summed E-state index contributed by atoms with van der Waals surface area (Å²) in [4.78, 5) is 58.4. The number of hydrogen-bond donors (Lipinski definition) is 0. The molecule has 4 aliphatic carbocycles. The van der Waals surface area contributed by atoms with Crippen molar-refractivity contribution in [2.75, 3.05) is 0 Å². The summed E-state index contributed by atoms with van der Waals surface area (Å²) in [6.07, 6.45) is 7.19. The van der Waals surface area contributed by atoms with Crippen molar-refractivity contribution in [3.63, 3.8) is 0 Å². The van der Waals surface area contributed by atoms with Crippen LogP contribution in [0.2, 0.25) is 0 Å². The van der Waals surface area contributed by atoms with Gasteiger partial charge >= 0.3 is 0 Å². The molecule has 135 heavy (non-hydrogen) atoms. The second-order valence-electron chi connectivity index (χ2n) is 37.3. The van der Waals surface area contributed by atoms with E-state index in [0.29, 0.717) is 69.5 Å². The zero-order valence-corrected chi connectivity index (χ0v) is 75.5. The van der Waals surface area contributed by atoms with E-state index >= 15 is 0 Å². The van der Waals surface area contributed by atoms with Crippen LogP contribution in [-0.4, -0.2) is 59.8 Å². The predicted molar refractivity (Wildman–Crippen MR) is 539 cm³/mol. The SMILES string of the molecule is C=CC1=C(C)C(C)(C)c2cc(-c3nc(-c4cccc5c4oc4ccccc45)nc(-c4cccc5c4oc4ccc6c(c45)-c4ccccc4C6(C)C)n3)ccc21.CC1(C)c2ccccc2-c2c1ccc1oc3c(-c4nc(-c5ccccc5)nc(-c5ccccn5)n4)cccc3c21.CC1(C)c2ccccc2-c2c1ccc1oc3c(-c4nc(-c5ccccn5)nc(-c5ccccn5)n4)cccc3c21. The number of allylic oxidation sites excluding steroid dienone is 3. The van der Waals surface area contributed by atoms with Crippen molar-refractivity contribution in [3.8, 4) is 136 Å². The van der Waals surface area contributed by atoms with Crippen LogP contribution >= 0.6 is 0 Å². The molecule has 644 valence electrons. The van der Waals surface area contributed by atoms with Crippen molar-refractivity contribution in [2.45, 2.75) is 84.0 Å². The third kappa shape index (κ3) is 12.4. The molecule has 23 aromatic rings. The fraction of sp³-hybridized carbons (Fsp3) is 0.109. The van der Waals surface area contributed by atoms with Gasteiger partial charge < -0.3 is 17.7 Å². The van der Waals surface area contributed by atoms with Gasteiger partial charge in [0.2, 0.25) is 0 Å². The average molecular weight is 1750 g/mol. The lowest BCUT2D eigenvalue weighted by Gasteiger charge is -2.22. The summed E-state index contributed by atoms with van der Waals surface area (Å²) in [6, 6.07) is 106. The summed E-state index contributed by atoms with van der Waals surface area (Å²) in [5.41, 5.74) is 33.4. The lowest BCUT2D eigenvalue weighted by Crippen LogP contribution is -2.15. The number of furan rings is 4. The Balaban J connectivity index is 0.000000110. The largest absolute Gasteiger partial charge is 0.455 e. The number of fused-ring (bicyclic) bond motifs is 25. The first-order valence-corrected chi connectivity index (χ1v) is 45.6. The molecule has 0 saturated carbocycles. The highest BCUT2D eigenvalue weighted by Gasteiger charge is 2.42. The highest BCUT2D eigenvalue weighted by molar-refractivity contribution is 6.20. The molecule has 10 heterocycles. The van der Waals surface area contributed by atoms with Gasteiger partial charge in [0.25, 0.3) is 0 Å². The van der Waals surface area contributed by atoms with Crippen molar-refractivity contribution >= 4 is 93.3 Å². The number of benzene rings is 13. The van der Waals surface area contributed by atoms with Crippen molar-refractivity contribution in [3.05, 3.63) is 391 Å². The van der Waals surface area contributed by atoms with Crippen molar-refractivity contribution in [1.29, 1.82) is 0 Å². The maximum absolute atomic E-state index is 6.84. The van der Waals surface area contributed by atoms with Gasteiger partial charge in [0.05, 0.1) is 22.3 Å². The van der Waals surface area contributed by atoms with Gasteiger partial charge in [-0.05, 0) is 181 Å². The topological polar surface area (TPSA) is 207 Å². The van der Waals surface area contributed by atoms with E-state index in [9.17, 15) is 0 Å². The van der Waals surface area contributed by atoms with Gasteiger partial charge in [-0.2, -0.15) is 0 Å². The van der Waals surface area contributed by atoms with E-state index in [1.165, 1.54) is 89.0 Å². The molecule has 0 aliphatic heterocycles. The fourth-order valence-electron chi connectivity index (χ4n) is 21.4. The zero-order chi connectivity index (χ0) is 91.1. The molecule has 0 radical (unpaired) electrons. The summed E-state index contributed by atoms with van der Waals surface area (Å²) in [5, 5.41) is 8.58. The Bertz CT molecular complexity index is 8550. The van der Waals surface area contributed by atoms with Crippen LogP contribution in [-0.2, 0) is 21.7 Å². The molecule has 16 nitrogen and oxygen atoms in total. The second kappa shape index (κ2) is 30.3. The molecular weight excluding hydrogens is 1660 g/mol. The Hall–Kier alpha value is -17.0. The van der Waals surface area contributed by atoms with Crippen LogP contribution in [0.4, 0.5) is 0 Å². The van der Waals surface area contributed by atoms with E-state index in [1.807, 2.05) is 140 Å². The number of pyridine rings is 3. The van der Waals surface area contributed by atoms with Crippen molar-refractivity contribution < 1.29 is 17.7 Å². The van der Waals surface area contributed by atoms with Gasteiger partial charge in [-0.1, -0.05) is 292 Å². The van der Waals surface area contributed by atoms with E-state index in [4.69, 9.17) is 62.5 Å². The van der Waals surface area contributed by atoms with E-state index < -0.39 is 0 Å². The molecule has 0 N–H and O–H groups in total. The van der Waals surface area contributed by atoms with Crippen LogP contribution in [0.25, 0.3) is 230 Å². The minimum absolute atomic E-state index is 0.0856. The Labute approximate surface area is 776 Å². The summed E-state index contributed by atoms with van der Waals surface area (Å²) >= 11 is 0. The highest BCUT2D eigenvalue weighted by Crippen LogP contribution is 2.58. The maximum Gasteiger partial charge on any atom is 0.182 e. The lowest BCUT2D eigenvalue weighted by molar-refractivity contribution is 0.639. The van der Waals surface area contributed by atoms with Crippen LogP contribution < -0.4 is 0 Å². The minimum atomic E-state index is -0.166. The molecule has 0 saturated heterocycles. The average Bonchev–Trinajstić information content (AvgIpc) is 1.55. The molecule has 13 aromatic carbocycles. The molecule has 16 heteroatoms. The van der Waals surface area contributed by atoms with E-state index in [2.05, 4.69) is 260 Å². The Morgan fingerprint density at radius 2 is 0.563 bits per heavy atom. The van der Waals surface area contributed by atoms with E-state index in [0.717, 1.165) is 121 Å². The standard InChI is InChI=1S/C50H37N3O2.C35H24N4O.C34H23N5O/c1-7-29-27(2)49(3,4)39-26-28(22-23-30(29)39)46-51-47(35-18-12-16-32-31-14-9-11-21-40(31)54-44(32)35)53-48(52-46)36-19-13-17-34-43-41(55-45(34)36)25-24-38-42(43)33-15-8-10-20-37(33)50(38,5)6;1-35(2)25-16-7-6-13-22(25)29-26(35)18-19-28-30(29)23-14-10-15-24(31(23)40-28)33-37-32(21-11-4-3-5-12-21)38-34(39-33)27-17-8-9-20-36-27;1-34(2)23-13-4-3-10-20(23)28-24(34)16-17-27-29(28)21-11-9-12-22(30(21)40-27)31-37-32(25-14-5-7-18-35-25)39-33(38-31)26-15-6-8-19-36-26/h7-26H,1H2,2-6H3;3-20H,1-2H3;3-19H,1-2H3. The normalized spacial score (nSPS) is 14.2. The number of hydrogen-bond acceptors (Lipinski definition) is 16. The summed E-state index contributed by atoms with van der Waals surface area (Å²) < 4.78 is 26.6. The first-order chi connectivity index (χ1) is 65.8. The number of nitrogens with zero attached hydrogens (tertiary/aromatic N) is 12. The first kappa shape index (κ1) is 80.1. The zero-order valence-electron chi connectivity index (χ0n) is 75.5. The molecule has 0 amide bonds. The van der Waals surface area contributed by atoms with Crippen LogP contribution in [0.5, 0.6) is 0 Å². The fourth-order valence-corrected chi connectivity index (χ4v) is 21.4. The predicted octanol–water partition coefficient (Wildman–Crippen LogP) is 29.6. The smallest absolute Gasteiger partial charge is 0.182 e. The molecule has 0 spiro atoms. The third-order valence-corrected chi connectivity index (χ3v) is 28.4. The summed E-state index contributed by atoms with van der Waals surface area (Å²) in [7, 11) is 0. The first-order valence-electron chi connectivity index (χ1n) is 45.6. The molecule has 4 aliphatic rings. The molecular formula is C119H84N12O4. The molecule has 0 fully saturated rings. The van der Waals surface area contributed by atoms with Crippen LogP contribution in [0.3, 0.4) is 0 Å². The van der Waals surface area contributed by atoms with Crippen LogP contribution in [0.15, 0.2) is 364 Å².